The highest BCUT2D eigenvalue weighted by Crippen LogP contribution is 2.33. The van der Waals surface area contributed by atoms with Crippen LogP contribution in [0, 0.1) is 0 Å². The van der Waals surface area contributed by atoms with Crippen molar-refractivity contribution in [3.63, 3.8) is 0 Å². The molecule has 15 heavy (non-hydrogen) atoms. The molecule has 0 fully saturated rings. The van der Waals surface area contributed by atoms with E-state index in [9.17, 15) is 9.90 Å². The first kappa shape index (κ1) is 11.8. The van der Waals surface area contributed by atoms with Gasteiger partial charge in [0.15, 0.2) is 0 Å². The molecule has 0 saturated heterocycles. The molecular weight excluding hydrogens is 196 g/mol. The molecule has 84 valence electrons. The molecule has 0 aliphatic carbocycles. The van der Waals surface area contributed by atoms with E-state index >= 15 is 0 Å². The zero-order valence-corrected chi connectivity index (χ0v) is 8.99. The maximum Gasteiger partial charge on any atom is 0.339 e. The summed E-state index contributed by atoms with van der Waals surface area (Å²) in [6.45, 7) is 3.74. The minimum absolute atomic E-state index is 0.0489. The third-order valence-electron chi connectivity index (χ3n) is 2.57. The first-order valence-electron chi connectivity index (χ1n) is 5.08. The Morgan fingerprint density at radius 3 is 2.67 bits per heavy atom. The summed E-state index contributed by atoms with van der Waals surface area (Å²) in [4.78, 5) is 10.9. The van der Waals surface area contributed by atoms with Crippen molar-refractivity contribution >= 4 is 5.97 Å². The molecule has 0 saturated carbocycles. The van der Waals surface area contributed by atoms with Crippen molar-refractivity contribution in [3.05, 3.63) is 23.7 Å². The lowest BCUT2D eigenvalue weighted by atomic mass is 9.90. The maximum atomic E-state index is 10.9. The maximum absolute atomic E-state index is 10.9. The molecule has 1 atom stereocenters. The third-order valence-corrected chi connectivity index (χ3v) is 2.57. The number of carboxylic acid groups (broad SMARTS) is 1. The molecule has 1 aromatic rings. The van der Waals surface area contributed by atoms with Gasteiger partial charge >= 0.3 is 5.97 Å². The Labute approximate surface area is 88.5 Å². The van der Waals surface area contributed by atoms with Crippen molar-refractivity contribution in [1.29, 1.82) is 0 Å². The van der Waals surface area contributed by atoms with Gasteiger partial charge < -0.3 is 14.6 Å². The number of aromatic carboxylic acids is 1. The van der Waals surface area contributed by atoms with Gasteiger partial charge in [-0.15, -0.1) is 0 Å². The molecule has 0 bridgehead atoms. The van der Waals surface area contributed by atoms with E-state index in [2.05, 4.69) is 0 Å². The summed E-state index contributed by atoms with van der Waals surface area (Å²) >= 11 is 0. The summed E-state index contributed by atoms with van der Waals surface area (Å²) in [5, 5.41) is 19.2. The Bertz CT molecular complexity index is 342. The van der Waals surface area contributed by atoms with E-state index in [4.69, 9.17) is 9.52 Å². The Hall–Kier alpha value is -1.29. The Balaban J connectivity index is 3.11. The fraction of sp³-hybridized carbons (Fsp3) is 0.545. The molecule has 1 unspecified atom stereocenters. The van der Waals surface area contributed by atoms with Crippen LogP contribution in [0.3, 0.4) is 0 Å². The Morgan fingerprint density at radius 1 is 1.53 bits per heavy atom. The lowest BCUT2D eigenvalue weighted by molar-refractivity contribution is -0.000157. The highest BCUT2D eigenvalue weighted by Gasteiger charge is 2.34. The van der Waals surface area contributed by atoms with E-state index in [-0.39, 0.29) is 11.3 Å². The summed E-state index contributed by atoms with van der Waals surface area (Å²) in [5.41, 5.74) is -1.11. The van der Waals surface area contributed by atoms with E-state index in [0.29, 0.717) is 12.8 Å². The van der Waals surface area contributed by atoms with Crippen LogP contribution in [0.25, 0.3) is 0 Å². The van der Waals surface area contributed by atoms with E-state index in [1.807, 2.05) is 13.8 Å². The topological polar surface area (TPSA) is 70.7 Å². The first-order chi connectivity index (χ1) is 7.05. The summed E-state index contributed by atoms with van der Waals surface area (Å²) in [5.74, 6) is -0.902. The summed E-state index contributed by atoms with van der Waals surface area (Å²) in [7, 11) is 0. The zero-order chi connectivity index (χ0) is 11.5. The van der Waals surface area contributed by atoms with E-state index in [1.165, 1.54) is 12.3 Å². The van der Waals surface area contributed by atoms with Crippen molar-refractivity contribution in [1.82, 2.24) is 0 Å². The van der Waals surface area contributed by atoms with Crippen molar-refractivity contribution < 1.29 is 19.4 Å². The molecule has 0 aliphatic rings. The van der Waals surface area contributed by atoms with Gasteiger partial charge in [0.25, 0.3) is 0 Å². The number of rotatable bonds is 5. The molecule has 0 amide bonds. The second-order valence-electron chi connectivity index (χ2n) is 3.60. The standard InChI is InChI=1S/C11H16O4/c1-3-6-11(14,4-2)9-8(10(12)13)5-7-15-9/h5,7,14H,3-4,6H2,1-2H3,(H,12,13). The summed E-state index contributed by atoms with van der Waals surface area (Å²) in [6.07, 6.45) is 3.01. The van der Waals surface area contributed by atoms with Crippen LogP contribution in [-0.2, 0) is 5.60 Å². The molecule has 0 radical (unpaired) electrons. The molecule has 4 nitrogen and oxygen atoms in total. The van der Waals surface area contributed by atoms with Gasteiger partial charge in [-0.3, -0.25) is 0 Å². The first-order valence-corrected chi connectivity index (χ1v) is 5.08. The average Bonchev–Trinajstić information content (AvgIpc) is 2.67. The number of hydrogen-bond donors (Lipinski definition) is 2. The molecule has 1 aromatic heterocycles. The predicted octanol–water partition coefficient (Wildman–Crippen LogP) is 2.38. The lowest BCUT2D eigenvalue weighted by Gasteiger charge is -2.24. The Morgan fingerprint density at radius 2 is 2.20 bits per heavy atom. The van der Waals surface area contributed by atoms with Crippen LogP contribution in [0.5, 0.6) is 0 Å². The van der Waals surface area contributed by atoms with Gasteiger partial charge in [-0.1, -0.05) is 20.3 Å². The third kappa shape index (κ3) is 2.21. The van der Waals surface area contributed by atoms with Crippen LogP contribution in [0.4, 0.5) is 0 Å². The van der Waals surface area contributed by atoms with Crippen molar-refractivity contribution in [2.24, 2.45) is 0 Å². The second-order valence-corrected chi connectivity index (χ2v) is 3.60. The van der Waals surface area contributed by atoms with Gasteiger partial charge in [-0.05, 0) is 18.9 Å². The molecule has 2 N–H and O–H groups in total. The van der Waals surface area contributed by atoms with Crippen LogP contribution >= 0.6 is 0 Å². The van der Waals surface area contributed by atoms with Crippen LogP contribution in [0.2, 0.25) is 0 Å². The number of carbonyl (C=O) groups is 1. The normalized spacial score (nSPS) is 14.9. The molecule has 4 heteroatoms. The van der Waals surface area contributed by atoms with Gasteiger partial charge in [0.05, 0.1) is 6.26 Å². The van der Waals surface area contributed by atoms with Crippen LogP contribution in [0.1, 0.15) is 49.2 Å². The van der Waals surface area contributed by atoms with Crippen molar-refractivity contribution in [3.8, 4) is 0 Å². The minimum atomic E-state index is -1.16. The van der Waals surface area contributed by atoms with Crippen molar-refractivity contribution in [2.75, 3.05) is 0 Å². The monoisotopic (exact) mass is 212 g/mol. The summed E-state index contributed by atoms with van der Waals surface area (Å²) < 4.78 is 5.10. The lowest BCUT2D eigenvalue weighted by Crippen LogP contribution is -2.26. The number of furan rings is 1. The quantitative estimate of drug-likeness (QED) is 0.786. The van der Waals surface area contributed by atoms with E-state index in [0.717, 1.165) is 6.42 Å². The number of aliphatic hydroxyl groups is 1. The largest absolute Gasteiger partial charge is 0.478 e. The zero-order valence-electron chi connectivity index (χ0n) is 8.99. The van der Waals surface area contributed by atoms with E-state index in [1.54, 1.807) is 0 Å². The van der Waals surface area contributed by atoms with Gasteiger partial charge in [-0.25, -0.2) is 4.79 Å². The van der Waals surface area contributed by atoms with E-state index < -0.39 is 11.6 Å². The Kier molecular flexibility index (Phi) is 3.52. The molecule has 0 aromatic carbocycles. The molecule has 1 rings (SSSR count). The van der Waals surface area contributed by atoms with Crippen LogP contribution < -0.4 is 0 Å². The number of hydrogen-bond acceptors (Lipinski definition) is 3. The second kappa shape index (κ2) is 4.49. The van der Waals surface area contributed by atoms with Gasteiger partial charge in [0.1, 0.15) is 16.9 Å². The van der Waals surface area contributed by atoms with Crippen molar-refractivity contribution in [2.45, 2.75) is 38.7 Å². The smallest absolute Gasteiger partial charge is 0.339 e. The van der Waals surface area contributed by atoms with Gasteiger partial charge in [0.2, 0.25) is 0 Å². The fourth-order valence-electron chi connectivity index (χ4n) is 1.70. The molecular formula is C11H16O4. The molecule has 0 aliphatic heterocycles. The molecule has 1 heterocycles. The number of carboxylic acids is 1. The fourth-order valence-corrected chi connectivity index (χ4v) is 1.70. The summed E-state index contributed by atoms with van der Waals surface area (Å²) in [6, 6.07) is 1.37. The predicted molar refractivity (Wildman–Crippen MR) is 54.8 cm³/mol. The average molecular weight is 212 g/mol. The van der Waals surface area contributed by atoms with Gasteiger partial charge in [0, 0.05) is 0 Å². The highest BCUT2D eigenvalue weighted by atomic mass is 16.4. The van der Waals surface area contributed by atoms with Crippen LogP contribution in [0.15, 0.2) is 16.7 Å². The molecule has 0 spiro atoms. The van der Waals surface area contributed by atoms with Crippen LogP contribution in [-0.4, -0.2) is 16.2 Å². The SMILES string of the molecule is CCCC(O)(CC)c1occc1C(=O)O. The minimum Gasteiger partial charge on any atom is -0.478 e. The highest BCUT2D eigenvalue weighted by molar-refractivity contribution is 5.89. The van der Waals surface area contributed by atoms with Gasteiger partial charge in [-0.2, -0.15) is 0 Å².